The van der Waals surface area contributed by atoms with Gasteiger partial charge in [-0.25, -0.2) is 0 Å². The average Bonchev–Trinajstić information content (AvgIpc) is 2.52. The van der Waals surface area contributed by atoms with Crippen molar-refractivity contribution < 1.29 is 14.3 Å². The molecule has 1 heterocycles. The van der Waals surface area contributed by atoms with E-state index in [-0.39, 0.29) is 18.1 Å². The summed E-state index contributed by atoms with van der Waals surface area (Å²) in [5.41, 5.74) is 0. The Morgan fingerprint density at radius 3 is 2.92 bits per heavy atom. The highest BCUT2D eigenvalue weighted by atomic mass is 16.5. The molecule has 13 heavy (non-hydrogen) atoms. The molecule has 0 radical (unpaired) electrons. The lowest BCUT2D eigenvalue weighted by Gasteiger charge is -2.08. The van der Waals surface area contributed by atoms with Gasteiger partial charge in [-0.05, 0) is 13.3 Å². The molecule has 0 aromatic rings. The first kappa shape index (κ1) is 10.5. The molecule has 0 aliphatic carbocycles. The molecule has 1 aliphatic rings. The Hall–Kier alpha value is -0.610. The summed E-state index contributed by atoms with van der Waals surface area (Å²) in [5.74, 6) is -0.128. The van der Waals surface area contributed by atoms with Crippen LogP contribution in [0.3, 0.4) is 0 Å². The average molecular weight is 187 g/mol. The number of carbonyl (C=O) groups is 1. The Labute approximate surface area is 78.6 Å². The molecule has 0 aromatic carbocycles. The Morgan fingerprint density at radius 2 is 2.38 bits per heavy atom. The molecule has 0 aromatic heterocycles. The Balaban J connectivity index is 2.19. The van der Waals surface area contributed by atoms with Gasteiger partial charge in [0.2, 0.25) is 0 Å². The van der Waals surface area contributed by atoms with Gasteiger partial charge in [0.25, 0.3) is 0 Å². The van der Waals surface area contributed by atoms with Crippen LogP contribution in [0.1, 0.15) is 19.8 Å². The third-order valence-electron chi connectivity index (χ3n) is 2.23. The van der Waals surface area contributed by atoms with Crippen LogP contribution in [-0.2, 0) is 14.3 Å². The topological polar surface area (TPSA) is 47.6 Å². The zero-order chi connectivity index (χ0) is 9.68. The predicted octanol–water partition coefficient (Wildman–Crippen LogP) is 0.317. The molecule has 76 valence electrons. The summed E-state index contributed by atoms with van der Waals surface area (Å²) in [5, 5.41) is 3.22. The van der Waals surface area contributed by atoms with Crippen molar-refractivity contribution in [3.05, 3.63) is 0 Å². The molecule has 0 spiro atoms. The van der Waals surface area contributed by atoms with E-state index in [1.54, 1.807) is 7.11 Å². The summed E-state index contributed by atoms with van der Waals surface area (Å²) in [4.78, 5) is 11.1. The number of carbonyl (C=O) groups excluding carboxylic acids is 1. The molecule has 2 unspecified atom stereocenters. The van der Waals surface area contributed by atoms with Gasteiger partial charge in [-0.15, -0.1) is 0 Å². The molecule has 1 rings (SSSR count). The fourth-order valence-corrected chi connectivity index (χ4v) is 1.54. The standard InChI is InChI=1S/C9H17NO3/c1-3-13-9(11)5-7-4-8(12-2)6-10-7/h7-8,10H,3-6H2,1-2H3. The van der Waals surface area contributed by atoms with Crippen LogP contribution in [0.4, 0.5) is 0 Å². The monoisotopic (exact) mass is 187 g/mol. The molecule has 0 saturated carbocycles. The number of hydrogen-bond acceptors (Lipinski definition) is 4. The molecular formula is C9H17NO3. The van der Waals surface area contributed by atoms with Crippen molar-refractivity contribution >= 4 is 5.97 Å². The largest absolute Gasteiger partial charge is 0.466 e. The minimum atomic E-state index is -0.128. The summed E-state index contributed by atoms with van der Waals surface area (Å²) in [7, 11) is 1.69. The third-order valence-corrected chi connectivity index (χ3v) is 2.23. The zero-order valence-electron chi connectivity index (χ0n) is 8.21. The summed E-state index contributed by atoms with van der Waals surface area (Å²) in [6.07, 6.45) is 1.60. The third kappa shape index (κ3) is 3.32. The fraction of sp³-hybridized carbons (Fsp3) is 0.889. The summed E-state index contributed by atoms with van der Waals surface area (Å²) >= 11 is 0. The highest BCUT2D eigenvalue weighted by Crippen LogP contribution is 2.12. The van der Waals surface area contributed by atoms with E-state index in [9.17, 15) is 4.79 Å². The molecule has 2 atom stereocenters. The van der Waals surface area contributed by atoms with E-state index in [4.69, 9.17) is 9.47 Å². The Bertz CT molecular complexity index is 172. The molecule has 0 amide bonds. The van der Waals surface area contributed by atoms with E-state index < -0.39 is 0 Å². The van der Waals surface area contributed by atoms with Crippen molar-refractivity contribution in [1.82, 2.24) is 5.32 Å². The van der Waals surface area contributed by atoms with Crippen LogP contribution >= 0.6 is 0 Å². The highest BCUT2D eigenvalue weighted by Gasteiger charge is 2.25. The van der Waals surface area contributed by atoms with Crippen molar-refractivity contribution in [2.45, 2.75) is 31.9 Å². The van der Waals surface area contributed by atoms with Crippen LogP contribution in [0, 0.1) is 0 Å². The molecule has 1 saturated heterocycles. The smallest absolute Gasteiger partial charge is 0.307 e. The van der Waals surface area contributed by atoms with Gasteiger partial charge in [-0.1, -0.05) is 0 Å². The second-order valence-electron chi connectivity index (χ2n) is 3.21. The Morgan fingerprint density at radius 1 is 1.62 bits per heavy atom. The molecular weight excluding hydrogens is 170 g/mol. The first-order valence-corrected chi connectivity index (χ1v) is 4.68. The van der Waals surface area contributed by atoms with Gasteiger partial charge in [0.15, 0.2) is 0 Å². The van der Waals surface area contributed by atoms with E-state index >= 15 is 0 Å². The lowest BCUT2D eigenvalue weighted by molar-refractivity contribution is -0.143. The van der Waals surface area contributed by atoms with Gasteiger partial charge < -0.3 is 14.8 Å². The van der Waals surface area contributed by atoms with Crippen molar-refractivity contribution in [3.63, 3.8) is 0 Å². The first-order valence-electron chi connectivity index (χ1n) is 4.68. The van der Waals surface area contributed by atoms with E-state index in [0.717, 1.165) is 13.0 Å². The number of esters is 1. The molecule has 4 nitrogen and oxygen atoms in total. The first-order chi connectivity index (χ1) is 6.26. The molecule has 4 heteroatoms. The van der Waals surface area contributed by atoms with Crippen LogP contribution in [0.25, 0.3) is 0 Å². The highest BCUT2D eigenvalue weighted by molar-refractivity contribution is 5.70. The van der Waals surface area contributed by atoms with Crippen molar-refractivity contribution in [2.75, 3.05) is 20.3 Å². The van der Waals surface area contributed by atoms with Crippen LogP contribution < -0.4 is 5.32 Å². The molecule has 1 fully saturated rings. The summed E-state index contributed by atoms with van der Waals surface area (Å²) in [6, 6.07) is 0.226. The van der Waals surface area contributed by atoms with E-state index in [1.807, 2.05) is 6.92 Å². The van der Waals surface area contributed by atoms with Crippen LogP contribution in [-0.4, -0.2) is 38.4 Å². The number of nitrogens with one attached hydrogen (secondary N) is 1. The number of methoxy groups -OCH3 is 1. The van der Waals surface area contributed by atoms with Gasteiger partial charge in [-0.3, -0.25) is 4.79 Å². The maximum absolute atomic E-state index is 11.1. The van der Waals surface area contributed by atoms with Gasteiger partial charge >= 0.3 is 5.97 Å². The number of rotatable bonds is 4. The number of ether oxygens (including phenoxy) is 2. The van der Waals surface area contributed by atoms with Gasteiger partial charge in [0.1, 0.15) is 0 Å². The van der Waals surface area contributed by atoms with Gasteiger partial charge in [0.05, 0.1) is 19.1 Å². The second kappa shape index (κ2) is 5.19. The molecule has 0 bridgehead atoms. The van der Waals surface area contributed by atoms with Crippen molar-refractivity contribution in [1.29, 1.82) is 0 Å². The fourth-order valence-electron chi connectivity index (χ4n) is 1.54. The second-order valence-corrected chi connectivity index (χ2v) is 3.21. The predicted molar refractivity (Wildman–Crippen MR) is 48.5 cm³/mol. The normalized spacial score (nSPS) is 27.5. The van der Waals surface area contributed by atoms with Crippen LogP contribution in [0.5, 0.6) is 0 Å². The maximum atomic E-state index is 11.1. The minimum Gasteiger partial charge on any atom is -0.466 e. The zero-order valence-corrected chi connectivity index (χ0v) is 8.21. The van der Waals surface area contributed by atoms with Crippen LogP contribution in [0.15, 0.2) is 0 Å². The number of hydrogen-bond donors (Lipinski definition) is 1. The van der Waals surface area contributed by atoms with Gasteiger partial charge in [0, 0.05) is 19.7 Å². The van der Waals surface area contributed by atoms with Crippen molar-refractivity contribution in [3.8, 4) is 0 Å². The van der Waals surface area contributed by atoms with E-state index in [0.29, 0.717) is 13.0 Å². The van der Waals surface area contributed by atoms with Crippen molar-refractivity contribution in [2.24, 2.45) is 0 Å². The maximum Gasteiger partial charge on any atom is 0.307 e. The Kier molecular flexibility index (Phi) is 4.18. The van der Waals surface area contributed by atoms with E-state index in [2.05, 4.69) is 5.32 Å². The summed E-state index contributed by atoms with van der Waals surface area (Å²) in [6.45, 7) is 3.11. The lowest BCUT2D eigenvalue weighted by atomic mass is 10.1. The summed E-state index contributed by atoms with van der Waals surface area (Å²) < 4.78 is 10.0. The quantitative estimate of drug-likeness (QED) is 0.644. The minimum absolute atomic E-state index is 0.128. The lowest BCUT2D eigenvalue weighted by Crippen LogP contribution is -2.25. The van der Waals surface area contributed by atoms with Gasteiger partial charge in [-0.2, -0.15) is 0 Å². The van der Waals surface area contributed by atoms with E-state index in [1.165, 1.54) is 0 Å². The molecule has 1 aliphatic heterocycles. The molecule has 1 N–H and O–H groups in total. The SMILES string of the molecule is CCOC(=O)CC1CC(OC)CN1. The van der Waals surface area contributed by atoms with Crippen LogP contribution in [0.2, 0.25) is 0 Å².